The number of hydrogen-bond donors (Lipinski definition) is 2. The second kappa shape index (κ2) is 7.99. The normalized spacial score (nSPS) is 16.7. The topological polar surface area (TPSA) is 93.7 Å². The van der Waals surface area contributed by atoms with Crippen LogP contribution in [0.1, 0.15) is 26.7 Å². The molecular weight excluding hydrogens is 378 g/mol. The first-order valence-electron chi connectivity index (χ1n) is 6.89. The number of nitrogens with one attached hydrogen (secondary N) is 2. The van der Waals surface area contributed by atoms with Gasteiger partial charge in [-0.3, -0.25) is 9.59 Å². The Morgan fingerprint density at radius 2 is 1.00 bits per heavy atom. The van der Waals surface area contributed by atoms with Crippen LogP contribution in [0.4, 0.5) is 31.1 Å². The Morgan fingerprint density at radius 1 is 0.731 bits per heavy atom. The number of carbonyl (C=O) groups excluding carboxylic acids is 3. The van der Waals surface area contributed by atoms with Gasteiger partial charge in [0.05, 0.1) is 27.1 Å². The molecule has 0 radical (unpaired) electrons. The van der Waals surface area contributed by atoms with Gasteiger partial charge in [-0.1, -0.05) is 0 Å². The minimum absolute atomic E-state index is 0.398. The first-order chi connectivity index (χ1) is 11.5. The van der Waals surface area contributed by atoms with E-state index < -0.39 is 54.2 Å². The molecule has 0 aliphatic carbocycles. The summed E-state index contributed by atoms with van der Waals surface area (Å²) >= 11 is 0. The highest BCUT2D eigenvalue weighted by molar-refractivity contribution is 5.79. The van der Waals surface area contributed by atoms with Crippen LogP contribution in [0.2, 0.25) is 0 Å². The van der Waals surface area contributed by atoms with Gasteiger partial charge >= 0.3 is 30.3 Å². The quantitative estimate of drug-likeness (QED) is 0.530. The lowest BCUT2D eigenvalue weighted by Crippen LogP contribution is -2.65. The summed E-state index contributed by atoms with van der Waals surface area (Å²) in [6, 6.07) is -1.89. The molecule has 7 nitrogen and oxygen atoms in total. The fraction of sp³-hybridized carbons (Fsp3) is 0.769. The third kappa shape index (κ3) is 5.95. The van der Waals surface area contributed by atoms with Gasteiger partial charge < -0.3 is 20.1 Å². The van der Waals surface area contributed by atoms with Crippen LogP contribution in [0.3, 0.4) is 0 Å². The maximum absolute atomic E-state index is 13.1. The molecule has 0 aliphatic heterocycles. The average Bonchev–Trinajstić information content (AvgIpc) is 2.43. The van der Waals surface area contributed by atoms with E-state index in [2.05, 4.69) is 9.47 Å². The molecule has 0 bridgehead atoms. The number of methoxy groups -OCH3 is 2. The second-order valence-corrected chi connectivity index (χ2v) is 5.74. The first kappa shape index (κ1) is 23.8. The van der Waals surface area contributed by atoms with Gasteiger partial charge in [0.15, 0.2) is 0 Å². The molecule has 26 heavy (non-hydrogen) atoms. The summed E-state index contributed by atoms with van der Waals surface area (Å²) in [6.07, 6.45) is -13.1. The fourth-order valence-electron chi connectivity index (χ4n) is 1.68. The van der Waals surface area contributed by atoms with E-state index in [9.17, 15) is 40.7 Å². The van der Waals surface area contributed by atoms with E-state index in [1.165, 1.54) is 10.6 Å². The molecule has 0 saturated carbocycles. The molecule has 2 amide bonds. The number of rotatable bonds is 6. The monoisotopic (exact) mass is 396 g/mol. The molecule has 0 aliphatic rings. The van der Waals surface area contributed by atoms with Crippen molar-refractivity contribution in [2.45, 2.75) is 50.1 Å². The second-order valence-electron chi connectivity index (χ2n) is 5.74. The molecule has 0 aromatic rings. The smallest absolute Gasteiger partial charge is 0.411 e. The van der Waals surface area contributed by atoms with E-state index in [0.717, 1.165) is 14.2 Å². The van der Waals surface area contributed by atoms with Crippen LogP contribution in [0, 0.1) is 0 Å². The number of alkyl halides is 6. The Kier molecular flexibility index (Phi) is 7.32. The van der Waals surface area contributed by atoms with Gasteiger partial charge in [0.2, 0.25) is 0 Å². The van der Waals surface area contributed by atoms with Gasteiger partial charge in [0.25, 0.3) is 0 Å². The van der Waals surface area contributed by atoms with Crippen LogP contribution >= 0.6 is 0 Å². The number of esters is 2. The Bertz CT molecular complexity index is 504. The molecule has 0 heterocycles. The largest absolute Gasteiger partial charge is 0.469 e. The van der Waals surface area contributed by atoms with Gasteiger partial charge in [-0.15, -0.1) is 0 Å². The number of carbonyl (C=O) groups is 3. The van der Waals surface area contributed by atoms with Crippen LogP contribution < -0.4 is 10.6 Å². The molecule has 0 aromatic heterocycles. The predicted octanol–water partition coefficient (Wildman–Crippen LogP) is 2.05. The summed E-state index contributed by atoms with van der Waals surface area (Å²) in [5, 5.41) is 2.58. The standard InChI is InChI=1S/C13H18F6N2O5/c1-10(12(14,15)16,5-7(22)25-3)20-9(24)21-11(2,13(17,18)19)6-8(23)26-4/h5-6H2,1-4H3,(H2,20,21,24)/t10-,11-/m1/s1. The first-order valence-corrected chi connectivity index (χ1v) is 6.89. The van der Waals surface area contributed by atoms with E-state index in [4.69, 9.17) is 0 Å². The third-order valence-electron chi connectivity index (χ3n) is 3.48. The SMILES string of the molecule is COC(=O)C[C@@](C)(NC(=O)N[C@](C)(CC(=O)OC)C(F)(F)F)C(F)(F)F. The highest BCUT2D eigenvalue weighted by Gasteiger charge is 2.57. The van der Waals surface area contributed by atoms with E-state index >= 15 is 0 Å². The van der Waals surface area contributed by atoms with Gasteiger partial charge in [0, 0.05) is 0 Å². The van der Waals surface area contributed by atoms with Crippen molar-refractivity contribution in [1.82, 2.24) is 10.6 Å². The van der Waals surface area contributed by atoms with Crippen molar-refractivity contribution in [2.24, 2.45) is 0 Å². The summed E-state index contributed by atoms with van der Waals surface area (Å²) < 4.78 is 87.1. The highest BCUT2D eigenvalue weighted by atomic mass is 19.4. The lowest BCUT2D eigenvalue weighted by molar-refractivity contribution is -0.200. The molecular formula is C13H18F6N2O5. The molecule has 2 N–H and O–H groups in total. The summed E-state index contributed by atoms with van der Waals surface area (Å²) in [6.45, 7) is 0.795. The minimum Gasteiger partial charge on any atom is -0.469 e. The maximum Gasteiger partial charge on any atom is 0.411 e. The zero-order chi connectivity index (χ0) is 21.0. The summed E-state index contributed by atoms with van der Waals surface area (Å²) in [4.78, 5) is 34.1. The van der Waals surface area contributed by atoms with E-state index in [-0.39, 0.29) is 0 Å². The van der Waals surface area contributed by atoms with Crippen molar-refractivity contribution >= 4 is 18.0 Å². The minimum atomic E-state index is -5.19. The summed E-state index contributed by atoms with van der Waals surface area (Å²) in [5.74, 6) is -2.70. The van der Waals surface area contributed by atoms with Crippen molar-refractivity contribution < 1.29 is 50.2 Å². The Hall–Kier alpha value is -2.21. The lowest BCUT2D eigenvalue weighted by Gasteiger charge is -2.36. The molecule has 0 saturated heterocycles. The average molecular weight is 396 g/mol. The molecule has 0 unspecified atom stereocenters. The maximum atomic E-state index is 13.1. The van der Waals surface area contributed by atoms with Gasteiger partial charge in [-0.2, -0.15) is 26.3 Å². The van der Waals surface area contributed by atoms with Gasteiger partial charge in [0.1, 0.15) is 11.1 Å². The van der Waals surface area contributed by atoms with Crippen LogP contribution in [0.25, 0.3) is 0 Å². The van der Waals surface area contributed by atoms with E-state index in [1.807, 2.05) is 0 Å². The fourth-order valence-corrected chi connectivity index (χ4v) is 1.68. The zero-order valence-corrected chi connectivity index (χ0v) is 14.2. The summed E-state index contributed by atoms with van der Waals surface area (Å²) in [5.41, 5.74) is -6.41. The van der Waals surface area contributed by atoms with Crippen molar-refractivity contribution in [3.05, 3.63) is 0 Å². The van der Waals surface area contributed by atoms with E-state index in [0.29, 0.717) is 13.8 Å². The third-order valence-corrected chi connectivity index (χ3v) is 3.48. The van der Waals surface area contributed by atoms with Crippen LogP contribution in [0.5, 0.6) is 0 Å². The summed E-state index contributed by atoms with van der Waals surface area (Å²) in [7, 11) is 1.60. The lowest BCUT2D eigenvalue weighted by atomic mass is 9.95. The molecule has 0 spiro atoms. The van der Waals surface area contributed by atoms with Crippen LogP contribution in [-0.2, 0) is 19.1 Å². The van der Waals surface area contributed by atoms with Crippen molar-refractivity contribution in [1.29, 1.82) is 0 Å². The number of hydrogen-bond acceptors (Lipinski definition) is 5. The van der Waals surface area contributed by atoms with Crippen molar-refractivity contribution in [3.8, 4) is 0 Å². The molecule has 2 atom stereocenters. The van der Waals surface area contributed by atoms with Crippen molar-refractivity contribution in [3.63, 3.8) is 0 Å². The molecule has 152 valence electrons. The predicted molar refractivity (Wildman–Crippen MR) is 73.9 cm³/mol. The highest BCUT2D eigenvalue weighted by Crippen LogP contribution is 2.35. The van der Waals surface area contributed by atoms with Gasteiger partial charge in [-0.25, -0.2) is 4.79 Å². The zero-order valence-electron chi connectivity index (χ0n) is 14.2. The van der Waals surface area contributed by atoms with Gasteiger partial charge in [-0.05, 0) is 13.8 Å². The Morgan fingerprint density at radius 3 is 1.19 bits per heavy atom. The number of urea groups is 1. The number of ether oxygens (including phenoxy) is 2. The number of halogens is 6. The molecule has 0 rings (SSSR count). The van der Waals surface area contributed by atoms with Crippen molar-refractivity contribution in [2.75, 3.05) is 14.2 Å². The molecule has 0 aromatic carbocycles. The molecule has 0 fully saturated rings. The Labute approximate surface area is 144 Å². The van der Waals surface area contributed by atoms with Crippen LogP contribution in [0.15, 0.2) is 0 Å². The molecule has 13 heteroatoms. The number of amides is 2. The Balaban J connectivity index is 5.53. The van der Waals surface area contributed by atoms with E-state index in [1.54, 1.807) is 0 Å². The van der Waals surface area contributed by atoms with Crippen LogP contribution in [-0.4, -0.2) is 55.6 Å².